The lowest BCUT2D eigenvalue weighted by molar-refractivity contribution is 0.0203. The maximum absolute atomic E-state index is 5.81. The number of hydrogen-bond acceptors (Lipinski definition) is 4. The molecule has 7 heteroatoms. The lowest BCUT2D eigenvalue weighted by Gasteiger charge is -2.32. The topological polar surface area (TPSA) is 58.1 Å². The van der Waals surface area contributed by atoms with E-state index < -0.39 is 0 Å². The van der Waals surface area contributed by atoms with Gasteiger partial charge in [0.25, 0.3) is 0 Å². The third-order valence-electron chi connectivity index (χ3n) is 5.14. The van der Waals surface area contributed by atoms with Crippen LogP contribution in [0.15, 0.2) is 4.99 Å². The molecule has 0 amide bonds. The first-order valence-electron chi connectivity index (χ1n) is 10.2. The van der Waals surface area contributed by atoms with Gasteiger partial charge in [0, 0.05) is 59.2 Å². The number of likely N-dealkylation sites (tertiary alicyclic amines) is 1. The summed E-state index contributed by atoms with van der Waals surface area (Å²) in [6.07, 6.45) is 6.96. The van der Waals surface area contributed by atoms with Crippen molar-refractivity contribution in [2.24, 2.45) is 10.9 Å². The zero-order valence-corrected chi connectivity index (χ0v) is 19.0. The van der Waals surface area contributed by atoms with Gasteiger partial charge in [-0.15, -0.1) is 24.0 Å². The van der Waals surface area contributed by atoms with Crippen molar-refractivity contribution >= 4 is 29.9 Å². The normalized spacial score (nSPS) is 20.6. The minimum absolute atomic E-state index is 0. The predicted octanol–water partition coefficient (Wildman–Crippen LogP) is 2.48. The molecule has 0 bridgehead atoms. The number of nitrogens with one attached hydrogen (secondary N) is 2. The summed E-state index contributed by atoms with van der Waals surface area (Å²) >= 11 is 0. The Bertz CT molecular complexity index is 371. The van der Waals surface area contributed by atoms with Crippen molar-refractivity contribution < 1.29 is 9.47 Å². The van der Waals surface area contributed by atoms with Crippen molar-refractivity contribution in [3.05, 3.63) is 0 Å². The van der Waals surface area contributed by atoms with E-state index in [0.29, 0.717) is 12.0 Å². The fraction of sp³-hybridized carbons (Fsp3) is 0.947. The second-order valence-electron chi connectivity index (χ2n) is 7.24. The molecule has 2 rings (SSSR count). The zero-order valence-electron chi connectivity index (χ0n) is 16.7. The molecule has 2 fully saturated rings. The summed E-state index contributed by atoms with van der Waals surface area (Å²) in [7, 11) is 1.85. The van der Waals surface area contributed by atoms with Crippen molar-refractivity contribution in [2.75, 3.05) is 59.7 Å². The molecule has 2 heterocycles. The molecule has 0 aromatic heterocycles. The zero-order chi connectivity index (χ0) is 17.7. The molecule has 0 atom stereocenters. The van der Waals surface area contributed by atoms with Crippen molar-refractivity contribution in [1.29, 1.82) is 0 Å². The van der Waals surface area contributed by atoms with E-state index in [9.17, 15) is 0 Å². The van der Waals surface area contributed by atoms with Crippen LogP contribution >= 0.6 is 24.0 Å². The minimum atomic E-state index is 0. The molecule has 0 aliphatic carbocycles. The van der Waals surface area contributed by atoms with Crippen molar-refractivity contribution in [3.63, 3.8) is 0 Å². The lowest BCUT2D eigenvalue weighted by Crippen LogP contribution is -2.49. The van der Waals surface area contributed by atoms with Gasteiger partial charge < -0.3 is 25.0 Å². The van der Waals surface area contributed by atoms with Crippen LogP contribution in [0.25, 0.3) is 0 Å². The highest BCUT2D eigenvalue weighted by atomic mass is 127. The van der Waals surface area contributed by atoms with E-state index in [-0.39, 0.29) is 24.0 Å². The Hall–Kier alpha value is -0.120. The second-order valence-corrected chi connectivity index (χ2v) is 7.24. The Balaban J connectivity index is 0.00000338. The first-order valence-corrected chi connectivity index (χ1v) is 10.2. The van der Waals surface area contributed by atoms with E-state index >= 15 is 0 Å². The molecule has 0 spiro atoms. The Kier molecular flexibility index (Phi) is 13.7. The number of aliphatic imine (C=N–C) groups is 1. The number of hydrogen-bond donors (Lipinski definition) is 2. The van der Waals surface area contributed by atoms with Gasteiger partial charge >= 0.3 is 0 Å². The predicted molar refractivity (Wildman–Crippen MR) is 119 cm³/mol. The summed E-state index contributed by atoms with van der Waals surface area (Å²) in [6.45, 7) is 10.3. The Labute approximate surface area is 176 Å². The minimum Gasteiger partial charge on any atom is -0.381 e. The van der Waals surface area contributed by atoms with E-state index in [1.165, 1.54) is 38.9 Å². The maximum atomic E-state index is 5.81. The van der Waals surface area contributed by atoms with E-state index in [4.69, 9.17) is 9.47 Å². The highest BCUT2D eigenvalue weighted by molar-refractivity contribution is 14.0. The van der Waals surface area contributed by atoms with Gasteiger partial charge in [-0.3, -0.25) is 4.99 Å². The molecule has 0 saturated carbocycles. The van der Waals surface area contributed by atoms with Crippen LogP contribution in [0.3, 0.4) is 0 Å². The van der Waals surface area contributed by atoms with Crippen LogP contribution in [-0.2, 0) is 9.47 Å². The summed E-state index contributed by atoms with van der Waals surface area (Å²) in [6, 6.07) is 0.545. The SMILES string of the molecule is CCCN1CCC(NC(=NC)NCCCOCC2CCOCC2)CC1.I. The van der Waals surface area contributed by atoms with Crippen LogP contribution < -0.4 is 10.6 Å². The number of guanidine groups is 1. The third-order valence-corrected chi connectivity index (χ3v) is 5.14. The van der Waals surface area contributed by atoms with Crippen molar-refractivity contribution in [1.82, 2.24) is 15.5 Å². The van der Waals surface area contributed by atoms with Gasteiger partial charge in [0.2, 0.25) is 0 Å². The smallest absolute Gasteiger partial charge is 0.191 e. The van der Waals surface area contributed by atoms with Gasteiger partial charge in [0.15, 0.2) is 5.96 Å². The molecule has 2 saturated heterocycles. The molecule has 154 valence electrons. The Morgan fingerprint density at radius 3 is 2.58 bits per heavy atom. The highest BCUT2D eigenvalue weighted by Crippen LogP contribution is 2.14. The number of piperidine rings is 1. The summed E-state index contributed by atoms with van der Waals surface area (Å²) in [5, 5.41) is 6.99. The van der Waals surface area contributed by atoms with Crippen LogP contribution in [0.1, 0.15) is 45.4 Å². The van der Waals surface area contributed by atoms with E-state index in [2.05, 4.69) is 27.4 Å². The van der Waals surface area contributed by atoms with E-state index in [1.54, 1.807) is 0 Å². The number of nitrogens with zero attached hydrogens (tertiary/aromatic N) is 2. The van der Waals surface area contributed by atoms with Crippen LogP contribution in [0.5, 0.6) is 0 Å². The Morgan fingerprint density at radius 2 is 1.92 bits per heavy atom. The van der Waals surface area contributed by atoms with Gasteiger partial charge in [-0.05, 0) is 51.0 Å². The molecule has 0 radical (unpaired) electrons. The molecule has 26 heavy (non-hydrogen) atoms. The number of rotatable bonds is 9. The van der Waals surface area contributed by atoms with Gasteiger partial charge in [-0.25, -0.2) is 0 Å². The number of halogens is 1. The van der Waals surface area contributed by atoms with Crippen LogP contribution in [-0.4, -0.2) is 76.6 Å². The lowest BCUT2D eigenvalue weighted by atomic mass is 10.0. The molecule has 0 unspecified atom stereocenters. The fourth-order valence-corrected chi connectivity index (χ4v) is 3.55. The average Bonchev–Trinajstić information content (AvgIpc) is 2.66. The molecular weight excluding hydrogens is 443 g/mol. The molecule has 2 aliphatic heterocycles. The summed E-state index contributed by atoms with van der Waals surface area (Å²) in [4.78, 5) is 6.91. The van der Waals surface area contributed by atoms with E-state index in [1.807, 2.05) is 7.05 Å². The van der Waals surface area contributed by atoms with Crippen LogP contribution in [0.4, 0.5) is 0 Å². The molecule has 0 aromatic rings. The van der Waals surface area contributed by atoms with Crippen molar-refractivity contribution in [2.45, 2.75) is 51.5 Å². The maximum Gasteiger partial charge on any atom is 0.191 e. The average molecular weight is 482 g/mol. The van der Waals surface area contributed by atoms with Gasteiger partial charge in [0.05, 0.1) is 0 Å². The summed E-state index contributed by atoms with van der Waals surface area (Å²) in [5.74, 6) is 1.62. The van der Waals surface area contributed by atoms with Crippen LogP contribution in [0.2, 0.25) is 0 Å². The first-order chi connectivity index (χ1) is 12.3. The molecule has 2 aliphatic rings. The van der Waals surface area contributed by atoms with Gasteiger partial charge in [-0.1, -0.05) is 6.92 Å². The monoisotopic (exact) mass is 482 g/mol. The fourth-order valence-electron chi connectivity index (χ4n) is 3.55. The molecule has 2 N–H and O–H groups in total. The van der Waals surface area contributed by atoms with Gasteiger partial charge in [0.1, 0.15) is 0 Å². The van der Waals surface area contributed by atoms with Crippen LogP contribution in [0, 0.1) is 5.92 Å². The number of ether oxygens (including phenoxy) is 2. The molecular formula is C19H39IN4O2. The summed E-state index contributed by atoms with van der Waals surface area (Å²) < 4.78 is 11.2. The largest absolute Gasteiger partial charge is 0.381 e. The van der Waals surface area contributed by atoms with Gasteiger partial charge in [-0.2, -0.15) is 0 Å². The Morgan fingerprint density at radius 1 is 1.19 bits per heavy atom. The quantitative estimate of drug-likeness (QED) is 0.229. The molecule has 0 aromatic carbocycles. The summed E-state index contributed by atoms with van der Waals surface area (Å²) in [5.41, 5.74) is 0. The first kappa shape index (κ1) is 23.9. The second kappa shape index (κ2) is 14.9. The third kappa shape index (κ3) is 9.71. The van der Waals surface area contributed by atoms with E-state index in [0.717, 1.165) is 58.2 Å². The van der Waals surface area contributed by atoms with Crippen molar-refractivity contribution in [3.8, 4) is 0 Å². The molecule has 6 nitrogen and oxygen atoms in total. The highest BCUT2D eigenvalue weighted by Gasteiger charge is 2.19. The standard InChI is InChI=1S/C19H38N4O2.HI/c1-3-10-23-11-5-18(6-12-23)22-19(20-2)21-9-4-13-25-16-17-7-14-24-15-8-17;/h17-18H,3-16H2,1-2H3,(H2,20,21,22);1H.